The highest BCUT2D eigenvalue weighted by Crippen LogP contribution is 2.34. The molecule has 0 fully saturated rings. The Hall–Kier alpha value is -1.76. The molecule has 0 spiro atoms. The summed E-state index contributed by atoms with van der Waals surface area (Å²) in [6.45, 7) is 8.21. The summed E-state index contributed by atoms with van der Waals surface area (Å²) in [4.78, 5) is 14.1. The van der Waals surface area contributed by atoms with Crippen LogP contribution in [0.1, 0.15) is 35.3 Å². The number of amides is 1. The number of benzene rings is 2. The number of anilines is 1. The van der Waals surface area contributed by atoms with Crippen LogP contribution in [0.4, 0.5) is 5.69 Å². The second-order valence-corrected chi connectivity index (χ2v) is 8.51. The molecule has 0 aliphatic heterocycles. The molecule has 0 aliphatic rings. The Kier molecular flexibility index (Phi) is 6.78. The predicted molar refractivity (Wildman–Crippen MR) is 110 cm³/mol. The number of sulfonamides is 1. The molecule has 5 nitrogen and oxygen atoms in total. The molecule has 0 bridgehead atoms. The maximum Gasteiger partial charge on any atom is 0.263 e. The Morgan fingerprint density at radius 2 is 1.74 bits per heavy atom. The van der Waals surface area contributed by atoms with Crippen LogP contribution in [0.15, 0.2) is 35.2 Å². The maximum atomic E-state index is 12.9. The molecule has 0 atom stereocenters. The van der Waals surface area contributed by atoms with E-state index in [0.29, 0.717) is 34.8 Å². The molecule has 2 aromatic carbocycles. The summed E-state index contributed by atoms with van der Waals surface area (Å²) >= 11 is 12.4. The minimum absolute atomic E-state index is 0.0605. The summed E-state index contributed by atoms with van der Waals surface area (Å²) in [5, 5.41) is 0.447. The standard InChI is InChI=1S/C19H22Cl2N2O3S/c1-5-23(6-2)19(24)14-8-7-9-15(11-14)22-27(25,26)18-13(4)16(20)10-12(3)17(18)21/h7-11,22H,5-6H2,1-4H3. The molecule has 0 aromatic heterocycles. The van der Waals surface area contributed by atoms with Gasteiger partial charge in [0.25, 0.3) is 15.9 Å². The first-order valence-corrected chi connectivity index (χ1v) is 10.7. The number of carbonyl (C=O) groups excluding carboxylic acids is 1. The molecule has 0 radical (unpaired) electrons. The van der Waals surface area contributed by atoms with Gasteiger partial charge in [-0.25, -0.2) is 8.42 Å². The van der Waals surface area contributed by atoms with Crippen molar-refractivity contribution in [1.29, 1.82) is 0 Å². The fourth-order valence-electron chi connectivity index (χ4n) is 2.75. The molecule has 0 saturated carbocycles. The van der Waals surface area contributed by atoms with Crippen molar-refractivity contribution in [2.45, 2.75) is 32.6 Å². The minimum atomic E-state index is -3.98. The molecule has 0 heterocycles. The second-order valence-electron chi connectivity index (χ2n) is 6.11. The second kappa shape index (κ2) is 8.50. The van der Waals surface area contributed by atoms with E-state index in [2.05, 4.69) is 4.72 Å². The van der Waals surface area contributed by atoms with Crippen molar-refractivity contribution in [1.82, 2.24) is 4.90 Å². The van der Waals surface area contributed by atoms with Crippen molar-refractivity contribution in [3.05, 3.63) is 57.1 Å². The summed E-state index contributed by atoms with van der Waals surface area (Å²) < 4.78 is 28.4. The third-order valence-corrected chi connectivity index (χ3v) is 6.81. The lowest BCUT2D eigenvalue weighted by Gasteiger charge is -2.19. The van der Waals surface area contributed by atoms with Crippen molar-refractivity contribution in [3.8, 4) is 0 Å². The van der Waals surface area contributed by atoms with E-state index >= 15 is 0 Å². The highest BCUT2D eigenvalue weighted by atomic mass is 35.5. The van der Waals surface area contributed by atoms with E-state index in [1.165, 1.54) is 6.07 Å². The highest BCUT2D eigenvalue weighted by molar-refractivity contribution is 7.93. The first-order chi connectivity index (χ1) is 12.6. The number of aryl methyl sites for hydroxylation is 1. The largest absolute Gasteiger partial charge is 0.339 e. The highest BCUT2D eigenvalue weighted by Gasteiger charge is 2.24. The third kappa shape index (κ3) is 4.57. The summed E-state index contributed by atoms with van der Waals surface area (Å²) in [7, 11) is -3.98. The smallest absolute Gasteiger partial charge is 0.263 e. The zero-order valence-corrected chi connectivity index (χ0v) is 18.0. The van der Waals surface area contributed by atoms with Crippen LogP contribution in [-0.2, 0) is 10.0 Å². The fraction of sp³-hybridized carbons (Fsp3) is 0.316. The molecule has 27 heavy (non-hydrogen) atoms. The van der Waals surface area contributed by atoms with Gasteiger partial charge in [0.2, 0.25) is 0 Å². The van der Waals surface area contributed by atoms with Crippen molar-refractivity contribution in [2.24, 2.45) is 0 Å². The first kappa shape index (κ1) is 21.5. The SMILES string of the molecule is CCN(CC)C(=O)c1cccc(NS(=O)(=O)c2c(C)c(Cl)cc(C)c2Cl)c1. The van der Waals surface area contributed by atoms with Gasteiger partial charge in [-0.05, 0) is 63.1 Å². The lowest BCUT2D eigenvalue weighted by Crippen LogP contribution is -2.30. The number of hydrogen-bond acceptors (Lipinski definition) is 3. The lowest BCUT2D eigenvalue weighted by atomic mass is 10.2. The number of halogens is 2. The number of rotatable bonds is 6. The van der Waals surface area contributed by atoms with Crippen molar-refractivity contribution in [2.75, 3.05) is 17.8 Å². The molecule has 0 saturated heterocycles. The molecule has 0 aliphatic carbocycles. The maximum absolute atomic E-state index is 12.9. The van der Waals surface area contributed by atoms with Gasteiger partial charge < -0.3 is 4.90 Å². The van der Waals surface area contributed by atoms with Crippen LogP contribution in [0.2, 0.25) is 10.0 Å². The van der Waals surface area contributed by atoms with Gasteiger partial charge in [0.1, 0.15) is 4.90 Å². The Bertz CT molecular complexity index is 945. The van der Waals surface area contributed by atoms with Crippen LogP contribution in [-0.4, -0.2) is 32.3 Å². The van der Waals surface area contributed by atoms with Crippen LogP contribution in [0.25, 0.3) is 0 Å². The average Bonchev–Trinajstić information content (AvgIpc) is 2.60. The minimum Gasteiger partial charge on any atom is -0.339 e. The Labute approximate surface area is 170 Å². The molecule has 2 aromatic rings. The monoisotopic (exact) mass is 428 g/mol. The van der Waals surface area contributed by atoms with Crippen molar-refractivity contribution in [3.63, 3.8) is 0 Å². The van der Waals surface area contributed by atoms with Gasteiger partial charge in [0.05, 0.1) is 5.02 Å². The summed E-state index contributed by atoms with van der Waals surface area (Å²) in [6.07, 6.45) is 0. The lowest BCUT2D eigenvalue weighted by molar-refractivity contribution is 0.0773. The van der Waals surface area contributed by atoms with E-state index in [1.807, 2.05) is 13.8 Å². The number of hydrogen-bond donors (Lipinski definition) is 1. The first-order valence-electron chi connectivity index (χ1n) is 8.49. The number of nitrogens with zero attached hydrogens (tertiary/aromatic N) is 1. The molecule has 146 valence electrons. The van der Waals surface area contributed by atoms with Gasteiger partial charge in [-0.15, -0.1) is 0 Å². The van der Waals surface area contributed by atoms with Gasteiger partial charge in [-0.1, -0.05) is 29.3 Å². The number of nitrogens with one attached hydrogen (secondary N) is 1. The number of carbonyl (C=O) groups is 1. The normalized spacial score (nSPS) is 11.3. The van der Waals surface area contributed by atoms with E-state index in [9.17, 15) is 13.2 Å². The topological polar surface area (TPSA) is 66.5 Å². The van der Waals surface area contributed by atoms with Crippen LogP contribution >= 0.6 is 23.2 Å². The average molecular weight is 429 g/mol. The van der Waals surface area contributed by atoms with E-state index < -0.39 is 10.0 Å². The summed E-state index contributed by atoms with van der Waals surface area (Å²) in [5.41, 5.74) is 1.62. The molecule has 1 N–H and O–H groups in total. The van der Waals surface area contributed by atoms with Gasteiger partial charge in [0.15, 0.2) is 0 Å². The van der Waals surface area contributed by atoms with E-state index in [-0.39, 0.29) is 21.5 Å². The van der Waals surface area contributed by atoms with Gasteiger partial charge >= 0.3 is 0 Å². The van der Waals surface area contributed by atoms with Crippen molar-refractivity contribution < 1.29 is 13.2 Å². The molecular weight excluding hydrogens is 407 g/mol. The summed E-state index contributed by atoms with van der Waals surface area (Å²) in [6, 6.07) is 8.00. The Morgan fingerprint density at radius 1 is 1.11 bits per heavy atom. The summed E-state index contributed by atoms with van der Waals surface area (Å²) in [5.74, 6) is -0.158. The third-order valence-electron chi connectivity index (χ3n) is 4.27. The van der Waals surface area contributed by atoms with E-state index in [0.717, 1.165) is 0 Å². The fourth-order valence-corrected chi connectivity index (χ4v) is 5.01. The van der Waals surface area contributed by atoms with Gasteiger partial charge in [-0.2, -0.15) is 0 Å². The molecule has 8 heteroatoms. The predicted octanol–water partition coefficient (Wildman–Crippen LogP) is 4.89. The van der Waals surface area contributed by atoms with Gasteiger partial charge in [0, 0.05) is 29.4 Å². The van der Waals surface area contributed by atoms with Crippen LogP contribution in [0.3, 0.4) is 0 Å². The Morgan fingerprint density at radius 3 is 2.33 bits per heavy atom. The quantitative estimate of drug-likeness (QED) is 0.711. The van der Waals surface area contributed by atoms with Crippen LogP contribution < -0.4 is 4.72 Å². The van der Waals surface area contributed by atoms with Crippen LogP contribution in [0.5, 0.6) is 0 Å². The molecule has 2 rings (SSSR count). The molecule has 1 amide bonds. The van der Waals surface area contributed by atoms with Crippen LogP contribution in [0, 0.1) is 13.8 Å². The van der Waals surface area contributed by atoms with E-state index in [4.69, 9.17) is 23.2 Å². The van der Waals surface area contributed by atoms with Gasteiger partial charge in [-0.3, -0.25) is 9.52 Å². The molecular formula is C19H22Cl2N2O3S. The Balaban J connectivity index is 2.43. The molecule has 0 unspecified atom stereocenters. The zero-order valence-electron chi connectivity index (χ0n) is 15.6. The van der Waals surface area contributed by atoms with E-state index in [1.54, 1.807) is 43.0 Å². The zero-order chi connectivity index (χ0) is 20.4. The van der Waals surface area contributed by atoms with Crippen molar-refractivity contribution >= 4 is 44.8 Å².